The zero-order valence-corrected chi connectivity index (χ0v) is 20.7. The normalized spacial score (nSPS) is 14.9. The van der Waals surface area contributed by atoms with Crippen molar-refractivity contribution >= 4 is 33.7 Å². The first-order valence-corrected chi connectivity index (χ1v) is 11.9. The number of pyridine rings is 2. The van der Waals surface area contributed by atoms with Crippen molar-refractivity contribution in [1.82, 2.24) is 9.97 Å². The van der Waals surface area contributed by atoms with Gasteiger partial charge < -0.3 is 16.3 Å². The van der Waals surface area contributed by atoms with E-state index in [4.69, 9.17) is 16.3 Å². The Morgan fingerprint density at radius 2 is 2.00 bits per heavy atom. The Bertz CT molecular complexity index is 1280. The van der Waals surface area contributed by atoms with Crippen LogP contribution in [0.1, 0.15) is 37.0 Å². The SMILES string of the molecule is C[C@@H](Oc1cc(Br)cnc1N)c1cc(F)ccc1-c1ncc(F)cc1CC(C=NCC1CC1)=NN. The van der Waals surface area contributed by atoms with Crippen LogP contribution in [-0.4, -0.2) is 28.4 Å². The van der Waals surface area contributed by atoms with E-state index in [0.717, 1.165) is 12.7 Å². The number of nitrogen functional groups attached to an aromatic ring is 1. The molecular weight excluding hydrogens is 518 g/mol. The number of benzene rings is 1. The molecule has 35 heavy (non-hydrogen) atoms. The smallest absolute Gasteiger partial charge is 0.166 e. The highest BCUT2D eigenvalue weighted by molar-refractivity contribution is 9.10. The number of hydrazone groups is 1. The van der Waals surface area contributed by atoms with Gasteiger partial charge in [-0.2, -0.15) is 5.10 Å². The lowest BCUT2D eigenvalue weighted by Gasteiger charge is -2.20. The molecule has 2 aromatic heterocycles. The van der Waals surface area contributed by atoms with Crippen LogP contribution >= 0.6 is 15.9 Å². The molecule has 2 heterocycles. The molecule has 0 aliphatic heterocycles. The molecule has 1 aliphatic carbocycles. The number of anilines is 1. The van der Waals surface area contributed by atoms with Crippen molar-refractivity contribution in [2.45, 2.75) is 32.3 Å². The third-order valence-electron chi connectivity index (χ3n) is 5.63. The van der Waals surface area contributed by atoms with Crippen molar-refractivity contribution in [3.63, 3.8) is 0 Å². The summed E-state index contributed by atoms with van der Waals surface area (Å²) in [7, 11) is 0. The van der Waals surface area contributed by atoms with Gasteiger partial charge in [0, 0.05) is 41.0 Å². The van der Waals surface area contributed by atoms with Gasteiger partial charge in [-0.1, -0.05) is 0 Å². The molecular formula is C25H25BrF2N6O. The van der Waals surface area contributed by atoms with Crippen LogP contribution in [0.3, 0.4) is 0 Å². The van der Waals surface area contributed by atoms with Crippen LogP contribution < -0.4 is 16.3 Å². The van der Waals surface area contributed by atoms with Crippen LogP contribution in [0.15, 0.2) is 57.3 Å². The third-order valence-corrected chi connectivity index (χ3v) is 6.06. The maximum atomic E-state index is 14.3. The van der Waals surface area contributed by atoms with E-state index >= 15 is 0 Å². The van der Waals surface area contributed by atoms with Crippen LogP contribution in [0.4, 0.5) is 14.6 Å². The molecule has 0 radical (unpaired) electrons. The first kappa shape index (κ1) is 24.7. The van der Waals surface area contributed by atoms with E-state index in [-0.39, 0.29) is 12.2 Å². The summed E-state index contributed by atoms with van der Waals surface area (Å²) in [5.41, 5.74) is 8.53. The molecule has 4 N–H and O–H groups in total. The van der Waals surface area contributed by atoms with Gasteiger partial charge in [-0.25, -0.2) is 13.8 Å². The zero-order chi connectivity index (χ0) is 24.9. The highest BCUT2D eigenvalue weighted by Crippen LogP contribution is 2.35. The highest BCUT2D eigenvalue weighted by Gasteiger charge is 2.21. The number of nitrogens with zero attached hydrogens (tertiary/aromatic N) is 4. The molecule has 1 fully saturated rings. The number of aromatic nitrogens is 2. The second kappa shape index (κ2) is 10.9. The number of rotatable bonds is 9. The van der Waals surface area contributed by atoms with E-state index in [9.17, 15) is 8.78 Å². The lowest BCUT2D eigenvalue weighted by molar-refractivity contribution is 0.227. The first-order chi connectivity index (χ1) is 16.8. The summed E-state index contributed by atoms with van der Waals surface area (Å²) in [6.07, 6.45) is 6.24. The zero-order valence-electron chi connectivity index (χ0n) is 19.1. The molecule has 1 aliphatic rings. The molecule has 0 amide bonds. The number of ether oxygens (including phenoxy) is 1. The maximum absolute atomic E-state index is 14.3. The largest absolute Gasteiger partial charge is 0.482 e. The Morgan fingerprint density at radius 3 is 2.74 bits per heavy atom. The van der Waals surface area contributed by atoms with Gasteiger partial charge in [0.2, 0.25) is 0 Å². The average Bonchev–Trinajstić information content (AvgIpc) is 3.65. The monoisotopic (exact) mass is 542 g/mol. The quantitative estimate of drug-likeness (QED) is 0.218. The predicted octanol–water partition coefficient (Wildman–Crippen LogP) is 5.24. The Morgan fingerprint density at radius 1 is 1.20 bits per heavy atom. The van der Waals surface area contributed by atoms with Crippen LogP contribution in [0.5, 0.6) is 5.75 Å². The van der Waals surface area contributed by atoms with Gasteiger partial charge in [0.05, 0.1) is 17.6 Å². The number of nitrogens with two attached hydrogens (primary N) is 2. The van der Waals surface area contributed by atoms with E-state index in [0.29, 0.717) is 44.2 Å². The molecule has 182 valence electrons. The minimum absolute atomic E-state index is 0.202. The van der Waals surface area contributed by atoms with Crippen molar-refractivity contribution in [1.29, 1.82) is 0 Å². The third kappa shape index (κ3) is 6.39. The number of aliphatic imine (C=N–C) groups is 1. The summed E-state index contributed by atoms with van der Waals surface area (Å²) in [5.74, 6) is 5.80. The van der Waals surface area contributed by atoms with E-state index in [1.807, 2.05) is 0 Å². The van der Waals surface area contributed by atoms with Gasteiger partial charge in [-0.15, -0.1) is 0 Å². The van der Waals surface area contributed by atoms with Crippen LogP contribution in [-0.2, 0) is 6.42 Å². The summed E-state index contributed by atoms with van der Waals surface area (Å²) in [4.78, 5) is 12.8. The molecule has 0 bridgehead atoms. The number of hydrogen-bond acceptors (Lipinski definition) is 7. The lowest BCUT2D eigenvalue weighted by Crippen LogP contribution is -2.12. The average molecular weight is 543 g/mol. The summed E-state index contributed by atoms with van der Waals surface area (Å²) in [6.45, 7) is 2.48. The van der Waals surface area contributed by atoms with E-state index in [2.05, 4.69) is 36.0 Å². The van der Waals surface area contributed by atoms with Gasteiger partial charge in [0.1, 0.15) is 17.7 Å². The molecule has 0 spiro atoms. The lowest BCUT2D eigenvalue weighted by atomic mass is 9.95. The van der Waals surface area contributed by atoms with Gasteiger partial charge in [0.15, 0.2) is 11.6 Å². The number of hydrogen-bond donors (Lipinski definition) is 2. The number of halogens is 3. The summed E-state index contributed by atoms with van der Waals surface area (Å²) >= 11 is 3.34. The molecule has 4 rings (SSSR count). The van der Waals surface area contributed by atoms with Crippen LogP contribution in [0.25, 0.3) is 11.3 Å². The summed E-state index contributed by atoms with van der Waals surface area (Å²) in [5, 5.41) is 3.82. The second-order valence-electron chi connectivity index (χ2n) is 8.42. The van der Waals surface area contributed by atoms with Crippen molar-refractivity contribution < 1.29 is 13.5 Å². The van der Waals surface area contributed by atoms with Gasteiger partial charge >= 0.3 is 0 Å². The van der Waals surface area contributed by atoms with Crippen molar-refractivity contribution in [3.8, 4) is 17.0 Å². The Kier molecular flexibility index (Phi) is 7.70. The van der Waals surface area contributed by atoms with Crippen molar-refractivity contribution in [2.75, 3.05) is 12.3 Å². The molecule has 10 heteroatoms. The van der Waals surface area contributed by atoms with Gasteiger partial charge in [0.25, 0.3) is 0 Å². The minimum atomic E-state index is -0.624. The summed E-state index contributed by atoms with van der Waals surface area (Å²) in [6, 6.07) is 7.34. The van der Waals surface area contributed by atoms with E-state index < -0.39 is 17.7 Å². The Balaban J connectivity index is 1.68. The molecule has 7 nitrogen and oxygen atoms in total. The van der Waals surface area contributed by atoms with Crippen molar-refractivity contribution in [3.05, 3.63) is 70.0 Å². The standard InChI is InChI=1S/C25H25BrF2N6O/c1-14(35-23-8-17(26)11-33-25(23)29)22-9-18(27)4-5-21(22)24-16(6-19(28)12-32-24)7-20(34-30)13-31-10-15-2-3-15/h4-6,8-9,11-15H,2-3,7,10,30H2,1H3,(H2,29,33)/t14-/m1/s1. The van der Waals surface area contributed by atoms with E-state index in [1.54, 1.807) is 31.5 Å². The molecule has 0 saturated heterocycles. The van der Waals surface area contributed by atoms with Crippen LogP contribution in [0, 0.1) is 17.6 Å². The molecule has 1 atom stereocenters. The fourth-order valence-electron chi connectivity index (χ4n) is 3.65. The topological polar surface area (TPSA) is 112 Å². The minimum Gasteiger partial charge on any atom is -0.482 e. The van der Waals surface area contributed by atoms with Crippen molar-refractivity contribution in [2.24, 2.45) is 21.9 Å². The fourth-order valence-corrected chi connectivity index (χ4v) is 3.96. The molecule has 0 unspecified atom stereocenters. The second-order valence-corrected chi connectivity index (χ2v) is 9.34. The van der Waals surface area contributed by atoms with E-state index in [1.165, 1.54) is 31.0 Å². The summed E-state index contributed by atoms with van der Waals surface area (Å²) < 4.78 is 35.2. The molecule has 1 aromatic carbocycles. The molecule has 1 saturated carbocycles. The Hall–Kier alpha value is -3.40. The molecule has 3 aromatic rings. The maximum Gasteiger partial charge on any atom is 0.166 e. The first-order valence-electron chi connectivity index (χ1n) is 11.1. The highest BCUT2D eigenvalue weighted by atomic mass is 79.9. The predicted molar refractivity (Wildman–Crippen MR) is 136 cm³/mol. The Labute approximate surface area is 210 Å². The van der Waals surface area contributed by atoms with Gasteiger partial charge in [-0.05, 0) is 77.5 Å². The fraction of sp³-hybridized carbons (Fsp3) is 0.280. The van der Waals surface area contributed by atoms with Crippen LogP contribution in [0.2, 0.25) is 0 Å². The van der Waals surface area contributed by atoms with Gasteiger partial charge in [-0.3, -0.25) is 9.98 Å².